The Hall–Kier alpha value is -0.840. The van der Waals surface area contributed by atoms with Crippen LogP contribution >= 0.6 is 15.9 Å². The molecule has 0 saturated carbocycles. The Morgan fingerprint density at radius 3 is 3.15 bits per heavy atom. The van der Waals surface area contributed by atoms with Gasteiger partial charge in [0.1, 0.15) is 5.69 Å². The monoisotopic (exact) mass is 245 g/mol. The number of H-pyrrole nitrogens is 1. The van der Waals surface area contributed by atoms with E-state index in [-0.39, 0.29) is 11.9 Å². The second-order valence-corrected chi connectivity index (χ2v) is 3.62. The first-order valence-electron chi connectivity index (χ1n) is 4.10. The summed E-state index contributed by atoms with van der Waals surface area (Å²) >= 11 is 3.32. The number of rotatable bonds is 4. The third-order valence-electron chi connectivity index (χ3n) is 1.66. The van der Waals surface area contributed by atoms with E-state index in [1.807, 2.05) is 6.92 Å². The highest BCUT2D eigenvalue weighted by molar-refractivity contribution is 9.09. The molecule has 0 aliphatic heterocycles. The summed E-state index contributed by atoms with van der Waals surface area (Å²) in [6, 6.07) is 1.83. The zero-order valence-electron chi connectivity index (χ0n) is 7.38. The van der Waals surface area contributed by atoms with Gasteiger partial charge in [0.2, 0.25) is 0 Å². The van der Waals surface area contributed by atoms with Gasteiger partial charge in [-0.05, 0) is 19.4 Å². The minimum atomic E-state index is -0.106. The van der Waals surface area contributed by atoms with E-state index in [2.05, 4.69) is 31.4 Å². The van der Waals surface area contributed by atoms with Crippen molar-refractivity contribution in [3.8, 4) is 0 Å². The number of aromatic amines is 1. The predicted octanol–water partition coefficient (Wildman–Crippen LogP) is 1.31. The third-order valence-corrected chi connectivity index (χ3v) is 2.12. The van der Waals surface area contributed by atoms with Gasteiger partial charge in [-0.15, -0.1) is 0 Å². The lowest BCUT2D eigenvalue weighted by Crippen LogP contribution is -2.32. The van der Waals surface area contributed by atoms with E-state index in [0.717, 1.165) is 11.8 Å². The van der Waals surface area contributed by atoms with Gasteiger partial charge >= 0.3 is 0 Å². The number of carbonyl (C=O) groups is 1. The fourth-order valence-corrected chi connectivity index (χ4v) is 1.61. The number of aromatic nitrogens is 2. The zero-order chi connectivity index (χ0) is 9.68. The van der Waals surface area contributed by atoms with Crippen LogP contribution in [0.15, 0.2) is 12.3 Å². The highest BCUT2D eigenvalue weighted by atomic mass is 79.9. The maximum Gasteiger partial charge on any atom is 0.269 e. The van der Waals surface area contributed by atoms with Gasteiger partial charge in [-0.3, -0.25) is 9.89 Å². The smallest absolute Gasteiger partial charge is 0.269 e. The number of hydrogen-bond donors (Lipinski definition) is 2. The van der Waals surface area contributed by atoms with E-state index in [1.54, 1.807) is 12.3 Å². The van der Waals surface area contributed by atoms with Crippen LogP contribution in [0.2, 0.25) is 0 Å². The van der Waals surface area contributed by atoms with Gasteiger partial charge in [0.15, 0.2) is 0 Å². The molecular formula is C8H12BrN3O. The normalized spacial score (nSPS) is 12.5. The molecule has 0 spiro atoms. The standard InChI is InChI=1S/C8H12BrN3O/c1-6(2-4-9)11-8(13)7-3-5-10-12-7/h3,5-6H,2,4H2,1H3,(H,10,12)(H,11,13). The Balaban J connectivity index is 2.42. The van der Waals surface area contributed by atoms with Crippen LogP contribution in [0.1, 0.15) is 23.8 Å². The topological polar surface area (TPSA) is 57.8 Å². The van der Waals surface area contributed by atoms with E-state index in [9.17, 15) is 4.79 Å². The number of nitrogens with one attached hydrogen (secondary N) is 2. The minimum absolute atomic E-state index is 0.106. The summed E-state index contributed by atoms with van der Waals surface area (Å²) in [5.74, 6) is -0.106. The van der Waals surface area contributed by atoms with Crippen molar-refractivity contribution in [3.63, 3.8) is 0 Å². The Kier molecular flexibility index (Phi) is 3.95. The highest BCUT2D eigenvalue weighted by Gasteiger charge is 2.09. The van der Waals surface area contributed by atoms with E-state index >= 15 is 0 Å². The fraction of sp³-hybridized carbons (Fsp3) is 0.500. The van der Waals surface area contributed by atoms with E-state index in [1.165, 1.54) is 0 Å². The van der Waals surface area contributed by atoms with Crippen molar-refractivity contribution >= 4 is 21.8 Å². The summed E-state index contributed by atoms with van der Waals surface area (Å²) < 4.78 is 0. The van der Waals surface area contributed by atoms with Gasteiger partial charge in [0.05, 0.1) is 0 Å². The molecule has 1 amide bonds. The van der Waals surface area contributed by atoms with Crippen molar-refractivity contribution in [2.24, 2.45) is 0 Å². The van der Waals surface area contributed by atoms with Crippen LogP contribution in [0.25, 0.3) is 0 Å². The largest absolute Gasteiger partial charge is 0.348 e. The van der Waals surface area contributed by atoms with Gasteiger partial charge in [-0.1, -0.05) is 15.9 Å². The maximum atomic E-state index is 11.4. The lowest BCUT2D eigenvalue weighted by atomic mass is 10.2. The van der Waals surface area contributed by atoms with Crippen molar-refractivity contribution in [3.05, 3.63) is 18.0 Å². The highest BCUT2D eigenvalue weighted by Crippen LogP contribution is 1.97. The Morgan fingerprint density at radius 1 is 1.85 bits per heavy atom. The maximum absolute atomic E-state index is 11.4. The third kappa shape index (κ3) is 3.18. The molecule has 5 heteroatoms. The van der Waals surface area contributed by atoms with E-state index < -0.39 is 0 Å². The molecule has 1 aromatic heterocycles. The van der Waals surface area contributed by atoms with E-state index in [4.69, 9.17) is 0 Å². The molecule has 0 fully saturated rings. The molecule has 0 aliphatic carbocycles. The summed E-state index contributed by atoms with van der Waals surface area (Å²) in [5, 5.41) is 10.0. The Bertz CT molecular complexity index is 260. The molecule has 0 radical (unpaired) electrons. The number of halogens is 1. The molecule has 13 heavy (non-hydrogen) atoms. The molecule has 1 heterocycles. The molecule has 0 bridgehead atoms. The van der Waals surface area contributed by atoms with Crippen LogP contribution in [0.5, 0.6) is 0 Å². The quantitative estimate of drug-likeness (QED) is 0.787. The molecule has 2 N–H and O–H groups in total. The molecular weight excluding hydrogens is 234 g/mol. The van der Waals surface area contributed by atoms with E-state index in [0.29, 0.717) is 5.69 Å². The molecule has 1 atom stereocenters. The summed E-state index contributed by atoms with van der Waals surface area (Å²) in [6.07, 6.45) is 2.48. The van der Waals surface area contributed by atoms with Gasteiger partial charge in [-0.2, -0.15) is 5.10 Å². The number of amides is 1. The molecule has 0 aromatic carbocycles. The van der Waals surface area contributed by atoms with Crippen LogP contribution in [-0.2, 0) is 0 Å². The molecule has 4 nitrogen and oxygen atoms in total. The molecule has 1 rings (SSSR count). The number of nitrogens with zero attached hydrogens (tertiary/aromatic N) is 1. The van der Waals surface area contributed by atoms with Crippen molar-refractivity contribution in [1.82, 2.24) is 15.5 Å². The van der Waals surface area contributed by atoms with Crippen molar-refractivity contribution in [2.75, 3.05) is 5.33 Å². The number of carbonyl (C=O) groups excluding carboxylic acids is 1. The lowest BCUT2D eigenvalue weighted by Gasteiger charge is -2.10. The summed E-state index contributed by atoms with van der Waals surface area (Å²) in [7, 11) is 0. The minimum Gasteiger partial charge on any atom is -0.348 e. The van der Waals surface area contributed by atoms with Crippen molar-refractivity contribution in [2.45, 2.75) is 19.4 Å². The Morgan fingerprint density at radius 2 is 2.62 bits per heavy atom. The second-order valence-electron chi connectivity index (χ2n) is 2.82. The average Bonchev–Trinajstić information content (AvgIpc) is 2.55. The molecule has 0 aliphatic rings. The number of alkyl halides is 1. The molecule has 0 saturated heterocycles. The summed E-state index contributed by atoms with van der Waals surface area (Å²) in [6.45, 7) is 1.97. The average molecular weight is 246 g/mol. The molecule has 1 aromatic rings. The summed E-state index contributed by atoms with van der Waals surface area (Å²) in [4.78, 5) is 11.4. The predicted molar refractivity (Wildman–Crippen MR) is 53.9 cm³/mol. The van der Waals surface area contributed by atoms with Crippen molar-refractivity contribution in [1.29, 1.82) is 0 Å². The van der Waals surface area contributed by atoms with Crippen molar-refractivity contribution < 1.29 is 4.79 Å². The van der Waals surface area contributed by atoms with Crippen LogP contribution in [0, 0.1) is 0 Å². The first kappa shape index (κ1) is 10.2. The number of hydrogen-bond acceptors (Lipinski definition) is 2. The lowest BCUT2D eigenvalue weighted by molar-refractivity contribution is 0.0934. The van der Waals surface area contributed by atoms with Crippen LogP contribution in [-0.4, -0.2) is 27.5 Å². The SMILES string of the molecule is CC(CCBr)NC(=O)c1ccn[nH]1. The molecule has 72 valence electrons. The van der Waals surface area contributed by atoms with Gasteiger partial charge < -0.3 is 5.32 Å². The fourth-order valence-electron chi connectivity index (χ4n) is 0.920. The van der Waals surface area contributed by atoms with Gasteiger partial charge in [-0.25, -0.2) is 0 Å². The van der Waals surface area contributed by atoms with Crippen LogP contribution in [0.3, 0.4) is 0 Å². The van der Waals surface area contributed by atoms with Crippen LogP contribution in [0.4, 0.5) is 0 Å². The first-order valence-corrected chi connectivity index (χ1v) is 5.22. The zero-order valence-corrected chi connectivity index (χ0v) is 8.97. The Labute approximate surface area is 85.2 Å². The first-order chi connectivity index (χ1) is 6.24. The molecule has 1 unspecified atom stereocenters. The second kappa shape index (κ2) is 5.01. The van der Waals surface area contributed by atoms with Crippen LogP contribution < -0.4 is 5.32 Å². The summed E-state index contributed by atoms with van der Waals surface area (Å²) in [5.41, 5.74) is 0.501. The van der Waals surface area contributed by atoms with Gasteiger partial charge in [0, 0.05) is 17.6 Å². The van der Waals surface area contributed by atoms with Gasteiger partial charge in [0.25, 0.3) is 5.91 Å².